The second-order valence-corrected chi connectivity index (χ2v) is 7.27. The van der Waals surface area contributed by atoms with Crippen molar-refractivity contribution in [2.24, 2.45) is 0 Å². The maximum absolute atomic E-state index is 12.4. The number of anilines is 2. The van der Waals surface area contributed by atoms with Crippen molar-refractivity contribution in [3.05, 3.63) is 83.1 Å². The zero-order valence-corrected chi connectivity index (χ0v) is 16.1. The van der Waals surface area contributed by atoms with Crippen LogP contribution in [-0.2, 0) is 10.2 Å². The predicted molar refractivity (Wildman–Crippen MR) is 109 cm³/mol. The Balaban J connectivity index is 1.87. The van der Waals surface area contributed by atoms with Crippen LogP contribution in [0, 0.1) is 18.3 Å². The van der Waals surface area contributed by atoms with E-state index in [4.69, 9.17) is 0 Å². The maximum atomic E-state index is 12.4. The van der Waals surface area contributed by atoms with Gasteiger partial charge in [-0.1, -0.05) is 49.7 Å². The van der Waals surface area contributed by atoms with Crippen LogP contribution < -0.4 is 10.2 Å². The fraction of sp³-hybridized carbons (Fsp3) is 0.217. The Morgan fingerprint density at radius 2 is 1.81 bits per heavy atom. The number of hydrogen-bond donors (Lipinski definition) is 1. The van der Waals surface area contributed by atoms with Crippen molar-refractivity contribution in [2.75, 3.05) is 17.3 Å². The molecule has 1 aliphatic rings. The molecule has 2 aromatic carbocycles. The van der Waals surface area contributed by atoms with Gasteiger partial charge in [0.25, 0.3) is 5.91 Å². The normalized spacial score (nSPS) is 16.8. The predicted octanol–water partition coefficient (Wildman–Crippen LogP) is 4.70. The Hall–Kier alpha value is -3.32. The molecule has 1 amide bonds. The monoisotopic (exact) mass is 357 g/mol. The molecule has 0 aromatic heterocycles. The Morgan fingerprint density at radius 1 is 1.15 bits per heavy atom. The number of hydrogen-bond acceptors (Lipinski definition) is 3. The van der Waals surface area contributed by atoms with E-state index in [-0.39, 0.29) is 11.0 Å². The maximum Gasteiger partial charge on any atom is 0.266 e. The number of allylic oxidation sites excluding steroid dienone is 3. The molecule has 0 atom stereocenters. The van der Waals surface area contributed by atoms with Gasteiger partial charge in [0, 0.05) is 29.5 Å². The fourth-order valence-electron chi connectivity index (χ4n) is 3.46. The van der Waals surface area contributed by atoms with Crippen molar-refractivity contribution in [3.63, 3.8) is 0 Å². The SMILES string of the molecule is Cc1ccc(NC(=O)/C(C#N)=C/C=C2\N(C)c3ccccc3C2(C)C)cc1. The third-order valence-electron chi connectivity index (χ3n) is 5.02. The molecule has 1 N–H and O–H groups in total. The zero-order valence-electron chi connectivity index (χ0n) is 16.1. The van der Waals surface area contributed by atoms with Gasteiger partial charge in [0.2, 0.25) is 0 Å². The highest BCUT2D eigenvalue weighted by Gasteiger charge is 2.37. The van der Waals surface area contributed by atoms with Gasteiger partial charge in [-0.05, 0) is 42.8 Å². The van der Waals surface area contributed by atoms with Crippen LogP contribution in [0.5, 0.6) is 0 Å². The van der Waals surface area contributed by atoms with Crippen molar-refractivity contribution in [3.8, 4) is 6.07 Å². The average molecular weight is 357 g/mol. The molecule has 0 saturated carbocycles. The molecular weight excluding hydrogens is 334 g/mol. The van der Waals surface area contributed by atoms with Crippen LogP contribution in [-0.4, -0.2) is 13.0 Å². The van der Waals surface area contributed by atoms with Gasteiger partial charge in [-0.25, -0.2) is 0 Å². The quantitative estimate of drug-likeness (QED) is 0.640. The fourth-order valence-corrected chi connectivity index (χ4v) is 3.46. The summed E-state index contributed by atoms with van der Waals surface area (Å²) in [5.74, 6) is -0.408. The Bertz CT molecular complexity index is 975. The molecule has 3 rings (SSSR count). The Kier molecular flexibility index (Phi) is 4.87. The standard InChI is InChI=1S/C23H23N3O/c1-16-9-12-18(13-10-16)25-22(27)17(15-24)11-14-21-23(2,3)19-7-5-6-8-20(19)26(21)4/h5-14H,1-4H3,(H,25,27)/b17-11+,21-14-. The van der Waals surface area contributed by atoms with Crippen LogP contribution in [0.4, 0.5) is 11.4 Å². The van der Waals surface area contributed by atoms with Crippen LogP contribution in [0.2, 0.25) is 0 Å². The molecule has 136 valence electrons. The van der Waals surface area contributed by atoms with Crippen LogP contribution in [0.15, 0.2) is 72.0 Å². The molecular formula is C23H23N3O. The largest absolute Gasteiger partial charge is 0.347 e. The van der Waals surface area contributed by atoms with E-state index in [0.29, 0.717) is 5.69 Å². The molecule has 1 heterocycles. The highest BCUT2D eigenvalue weighted by Crippen LogP contribution is 2.46. The van der Waals surface area contributed by atoms with Gasteiger partial charge in [-0.3, -0.25) is 4.79 Å². The third-order valence-corrected chi connectivity index (χ3v) is 5.02. The van der Waals surface area contributed by atoms with E-state index in [1.54, 1.807) is 6.08 Å². The summed E-state index contributed by atoms with van der Waals surface area (Å²) in [7, 11) is 2.01. The summed E-state index contributed by atoms with van der Waals surface area (Å²) >= 11 is 0. The number of para-hydroxylation sites is 1. The van der Waals surface area contributed by atoms with E-state index in [2.05, 4.69) is 36.2 Å². The summed E-state index contributed by atoms with van der Waals surface area (Å²) in [6, 6.07) is 17.7. The van der Waals surface area contributed by atoms with Gasteiger partial charge in [0.1, 0.15) is 11.6 Å². The summed E-state index contributed by atoms with van der Waals surface area (Å²) in [6.45, 7) is 6.27. The highest BCUT2D eigenvalue weighted by molar-refractivity contribution is 6.06. The lowest BCUT2D eigenvalue weighted by atomic mass is 9.83. The lowest BCUT2D eigenvalue weighted by molar-refractivity contribution is -0.112. The van der Waals surface area contributed by atoms with Gasteiger partial charge >= 0.3 is 0 Å². The van der Waals surface area contributed by atoms with Gasteiger partial charge in [0.15, 0.2) is 0 Å². The van der Waals surface area contributed by atoms with Gasteiger partial charge in [-0.15, -0.1) is 0 Å². The van der Waals surface area contributed by atoms with Crippen molar-refractivity contribution in [1.29, 1.82) is 5.26 Å². The molecule has 1 aliphatic heterocycles. The first-order valence-electron chi connectivity index (χ1n) is 8.88. The van der Waals surface area contributed by atoms with Crippen LogP contribution >= 0.6 is 0 Å². The molecule has 0 radical (unpaired) electrons. The van der Waals surface area contributed by atoms with Crippen LogP contribution in [0.3, 0.4) is 0 Å². The van der Waals surface area contributed by atoms with E-state index >= 15 is 0 Å². The molecule has 2 aromatic rings. The number of carbonyl (C=O) groups excluding carboxylic acids is 1. The minimum Gasteiger partial charge on any atom is -0.347 e. The molecule has 0 saturated heterocycles. The number of benzene rings is 2. The van der Waals surface area contributed by atoms with Gasteiger partial charge in [-0.2, -0.15) is 5.26 Å². The van der Waals surface area contributed by atoms with E-state index in [9.17, 15) is 10.1 Å². The zero-order chi connectivity index (χ0) is 19.6. The van der Waals surface area contributed by atoms with E-state index in [0.717, 1.165) is 16.9 Å². The van der Waals surface area contributed by atoms with Gasteiger partial charge in [0.05, 0.1) is 0 Å². The number of amides is 1. The number of aryl methyl sites for hydroxylation is 1. The topological polar surface area (TPSA) is 56.1 Å². The third kappa shape index (κ3) is 3.50. The number of likely N-dealkylation sites (N-methyl/N-ethyl adjacent to an activating group) is 1. The number of nitrogens with one attached hydrogen (secondary N) is 1. The smallest absolute Gasteiger partial charge is 0.266 e. The van der Waals surface area contributed by atoms with Crippen LogP contribution in [0.1, 0.15) is 25.0 Å². The first kappa shape index (κ1) is 18.5. The van der Waals surface area contributed by atoms with E-state index < -0.39 is 5.91 Å². The summed E-state index contributed by atoms with van der Waals surface area (Å²) in [4.78, 5) is 14.6. The Labute approximate surface area is 160 Å². The van der Waals surface area contributed by atoms with Gasteiger partial charge < -0.3 is 10.2 Å². The first-order valence-corrected chi connectivity index (χ1v) is 8.88. The Morgan fingerprint density at radius 3 is 2.44 bits per heavy atom. The summed E-state index contributed by atoms with van der Waals surface area (Å²) in [6.07, 6.45) is 3.47. The number of nitrogens with zero attached hydrogens (tertiary/aromatic N) is 2. The minimum absolute atomic E-state index is 0.0724. The second-order valence-electron chi connectivity index (χ2n) is 7.27. The van der Waals surface area contributed by atoms with Crippen molar-refractivity contribution >= 4 is 17.3 Å². The second kappa shape index (κ2) is 7.13. The molecule has 27 heavy (non-hydrogen) atoms. The molecule has 0 bridgehead atoms. The first-order chi connectivity index (χ1) is 12.8. The molecule has 0 spiro atoms. The lowest BCUT2D eigenvalue weighted by Gasteiger charge is -2.23. The van der Waals surface area contributed by atoms with Crippen molar-refractivity contribution in [1.82, 2.24) is 0 Å². The summed E-state index contributed by atoms with van der Waals surface area (Å²) in [5, 5.41) is 12.2. The van der Waals surface area contributed by atoms with Crippen LogP contribution in [0.25, 0.3) is 0 Å². The lowest BCUT2D eigenvalue weighted by Crippen LogP contribution is -2.22. The van der Waals surface area contributed by atoms with Crippen molar-refractivity contribution < 1.29 is 4.79 Å². The summed E-state index contributed by atoms with van der Waals surface area (Å²) in [5.41, 5.74) is 5.07. The number of rotatable bonds is 3. The summed E-state index contributed by atoms with van der Waals surface area (Å²) < 4.78 is 0. The highest BCUT2D eigenvalue weighted by atomic mass is 16.1. The average Bonchev–Trinajstić information content (AvgIpc) is 2.85. The molecule has 4 nitrogen and oxygen atoms in total. The number of fused-ring (bicyclic) bond motifs is 1. The molecule has 0 fully saturated rings. The molecule has 4 heteroatoms. The molecule has 0 unspecified atom stereocenters. The minimum atomic E-state index is -0.408. The molecule has 0 aliphatic carbocycles. The van der Waals surface area contributed by atoms with Crippen molar-refractivity contribution in [2.45, 2.75) is 26.2 Å². The van der Waals surface area contributed by atoms with E-state index in [1.807, 2.05) is 62.5 Å². The van der Waals surface area contributed by atoms with E-state index in [1.165, 1.54) is 5.56 Å². The number of carbonyl (C=O) groups is 1. The number of nitriles is 1.